The monoisotopic (exact) mass is 435 g/mol. The van der Waals surface area contributed by atoms with Crippen LogP contribution < -0.4 is 4.74 Å². The molecule has 1 aromatic heterocycles. The van der Waals surface area contributed by atoms with Gasteiger partial charge in [-0.15, -0.1) is 0 Å². The van der Waals surface area contributed by atoms with Crippen LogP contribution in [0.4, 0.5) is 18.9 Å². The molecule has 0 bridgehead atoms. The molecule has 0 saturated carbocycles. The van der Waals surface area contributed by atoms with Crippen LogP contribution in [-0.2, 0) is 15.7 Å². The molecule has 2 atom stereocenters. The Morgan fingerprint density at radius 2 is 1.90 bits per heavy atom. The number of likely N-dealkylation sites (N-methyl/N-ethyl adjacent to an activating group) is 1. The standard InChI is InChI=1S/C22H24F3N3O3/c1-13-17(21(29)31-12-11-28(2)3)18(14-7-5-6-8-15(14)22(23,24)25)19-16(27-13)9-10-26-20(19)30-4/h5-10,17-18H,11-12H2,1-4H3. The molecule has 1 aromatic carbocycles. The molecule has 2 aromatic rings. The molecular weight excluding hydrogens is 411 g/mol. The van der Waals surface area contributed by atoms with Crippen LogP contribution in [0.15, 0.2) is 41.5 Å². The molecule has 1 aliphatic heterocycles. The number of carbonyl (C=O) groups is 1. The number of ether oxygens (including phenoxy) is 2. The van der Waals surface area contributed by atoms with E-state index in [1.807, 2.05) is 19.0 Å². The topological polar surface area (TPSA) is 64.0 Å². The lowest BCUT2D eigenvalue weighted by molar-refractivity contribution is -0.147. The molecule has 0 aliphatic carbocycles. The van der Waals surface area contributed by atoms with Crippen molar-refractivity contribution in [2.24, 2.45) is 10.9 Å². The van der Waals surface area contributed by atoms with Gasteiger partial charge in [0.05, 0.1) is 18.4 Å². The molecule has 31 heavy (non-hydrogen) atoms. The highest BCUT2D eigenvalue weighted by molar-refractivity contribution is 6.05. The van der Waals surface area contributed by atoms with Crippen molar-refractivity contribution in [1.82, 2.24) is 9.88 Å². The lowest BCUT2D eigenvalue weighted by Gasteiger charge is -2.33. The third kappa shape index (κ3) is 4.71. The molecule has 2 heterocycles. The minimum atomic E-state index is -4.60. The number of halogens is 3. The predicted octanol–water partition coefficient (Wildman–Crippen LogP) is 4.07. The summed E-state index contributed by atoms with van der Waals surface area (Å²) in [7, 11) is 5.04. The van der Waals surface area contributed by atoms with E-state index in [9.17, 15) is 18.0 Å². The fourth-order valence-electron chi connectivity index (χ4n) is 3.75. The average Bonchev–Trinajstić information content (AvgIpc) is 2.71. The van der Waals surface area contributed by atoms with Gasteiger partial charge in [0.1, 0.15) is 12.5 Å². The number of hydrogen-bond acceptors (Lipinski definition) is 6. The molecule has 0 N–H and O–H groups in total. The summed E-state index contributed by atoms with van der Waals surface area (Å²) in [6, 6.07) is 6.82. The maximum atomic E-state index is 13.9. The van der Waals surface area contributed by atoms with Gasteiger partial charge in [0.15, 0.2) is 0 Å². The number of benzene rings is 1. The molecule has 2 unspecified atom stereocenters. The molecule has 1 aliphatic rings. The number of pyridine rings is 1. The van der Waals surface area contributed by atoms with Crippen molar-refractivity contribution in [3.63, 3.8) is 0 Å². The Labute approximate surface area is 178 Å². The highest BCUT2D eigenvalue weighted by atomic mass is 19.4. The van der Waals surface area contributed by atoms with Crippen molar-refractivity contribution in [1.29, 1.82) is 0 Å². The predicted molar refractivity (Wildman–Crippen MR) is 110 cm³/mol. The summed E-state index contributed by atoms with van der Waals surface area (Å²) in [4.78, 5) is 23.5. The zero-order valence-corrected chi connectivity index (χ0v) is 17.7. The first kappa shape index (κ1) is 22.7. The Bertz CT molecular complexity index is 989. The van der Waals surface area contributed by atoms with Crippen molar-refractivity contribution in [2.75, 3.05) is 34.4 Å². The second kappa shape index (κ2) is 9.05. The van der Waals surface area contributed by atoms with E-state index in [1.54, 1.807) is 13.0 Å². The molecule has 0 radical (unpaired) electrons. The van der Waals surface area contributed by atoms with E-state index in [0.29, 0.717) is 23.5 Å². The molecule has 9 heteroatoms. The molecule has 0 saturated heterocycles. The average molecular weight is 435 g/mol. The van der Waals surface area contributed by atoms with E-state index < -0.39 is 29.5 Å². The van der Waals surface area contributed by atoms with Crippen LogP contribution in [0, 0.1) is 5.92 Å². The third-order valence-corrected chi connectivity index (χ3v) is 5.15. The largest absolute Gasteiger partial charge is 0.481 e. The summed E-state index contributed by atoms with van der Waals surface area (Å²) in [6.45, 7) is 2.22. The lowest BCUT2D eigenvalue weighted by Crippen LogP contribution is -2.35. The summed E-state index contributed by atoms with van der Waals surface area (Å²) in [5.41, 5.74) is 0.257. The summed E-state index contributed by atoms with van der Waals surface area (Å²) >= 11 is 0. The van der Waals surface area contributed by atoms with Gasteiger partial charge < -0.3 is 14.4 Å². The number of hydrogen-bond donors (Lipinski definition) is 0. The number of methoxy groups -OCH3 is 1. The fourth-order valence-corrected chi connectivity index (χ4v) is 3.75. The minimum absolute atomic E-state index is 0.0497. The van der Waals surface area contributed by atoms with E-state index in [-0.39, 0.29) is 18.1 Å². The number of rotatable bonds is 6. The maximum Gasteiger partial charge on any atom is 0.416 e. The van der Waals surface area contributed by atoms with Crippen LogP contribution >= 0.6 is 0 Å². The van der Waals surface area contributed by atoms with Gasteiger partial charge in [-0.2, -0.15) is 13.2 Å². The Kier molecular flexibility index (Phi) is 6.64. The molecular formula is C22H24F3N3O3. The van der Waals surface area contributed by atoms with Crippen LogP contribution in [-0.4, -0.2) is 55.9 Å². The van der Waals surface area contributed by atoms with Gasteiger partial charge in [-0.25, -0.2) is 4.98 Å². The van der Waals surface area contributed by atoms with Gasteiger partial charge in [-0.05, 0) is 38.7 Å². The van der Waals surface area contributed by atoms with Crippen LogP contribution in [0.3, 0.4) is 0 Å². The molecule has 6 nitrogen and oxygen atoms in total. The van der Waals surface area contributed by atoms with Crippen molar-refractivity contribution in [3.05, 3.63) is 53.2 Å². The van der Waals surface area contributed by atoms with Gasteiger partial charge in [0.25, 0.3) is 0 Å². The summed E-state index contributed by atoms with van der Waals surface area (Å²) in [5, 5.41) is 0. The van der Waals surface area contributed by atoms with Gasteiger partial charge >= 0.3 is 12.1 Å². The number of fused-ring (bicyclic) bond motifs is 1. The second-order valence-electron chi connectivity index (χ2n) is 7.52. The number of aromatic nitrogens is 1. The van der Waals surface area contributed by atoms with Crippen molar-refractivity contribution >= 4 is 17.4 Å². The number of carbonyl (C=O) groups excluding carboxylic acids is 1. The summed E-state index contributed by atoms with van der Waals surface area (Å²) in [6.07, 6.45) is -3.13. The van der Waals surface area contributed by atoms with Crippen molar-refractivity contribution < 1.29 is 27.4 Å². The van der Waals surface area contributed by atoms with E-state index >= 15 is 0 Å². The first-order valence-corrected chi connectivity index (χ1v) is 9.70. The summed E-state index contributed by atoms with van der Waals surface area (Å²) < 4.78 is 52.4. The van der Waals surface area contributed by atoms with E-state index in [4.69, 9.17) is 9.47 Å². The molecule has 0 amide bonds. The first-order chi connectivity index (χ1) is 14.6. The highest BCUT2D eigenvalue weighted by Crippen LogP contribution is 2.49. The second-order valence-corrected chi connectivity index (χ2v) is 7.52. The van der Waals surface area contributed by atoms with Gasteiger partial charge in [-0.1, -0.05) is 18.2 Å². The van der Waals surface area contributed by atoms with Crippen LogP contribution in [0.1, 0.15) is 29.5 Å². The summed E-state index contributed by atoms with van der Waals surface area (Å²) in [5.74, 6) is -2.57. The first-order valence-electron chi connectivity index (χ1n) is 9.70. The Hall–Kier alpha value is -2.94. The maximum absolute atomic E-state index is 13.9. The van der Waals surface area contributed by atoms with Crippen molar-refractivity contribution in [2.45, 2.75) is 19.0 Å². The molecule has 0 fully saturated rings. The lowest BCUT2D eigenvalue weighted by atomic mass is 9.74. The highest BCUT2D eigenvalue weighted by Gasteiger charge is 2.45. The molecule has 3 rings (SSSR count). The van der Waals surface area contributed by atoms with Crippen LogP contribution in [0.5, 0.6) is 5.88 Å². The Morgan fingerprint density at radius 1 is 1.19 bits per heavy atom. The Morgan fingerprint density at radius 3 is 2.55 bits per heavy atom. The van der Waals surface area contributed by atoms with Crippen LogP contribution in [0.25, 0.3) is 0 Å². The minimum Gasteiger partial charge on any atom is -0.481 e. The van der Waals surface area contributed by atoms with Gasteiger partial charge in [0.2, 0.25) is 5.88 Å². The number of nitrogens with zero attached hydrogens (tertiary/aromatic N) is 3. The smallest absolute Gasteiger partial charge is 0.416 e. The molecule has 0 spiro atoms. The number of alkyl halides is 3. The van der Waals surface area contributed by atoms with E-state index in [2.05, 4.69) is 9.98 Å². The Balaban J connectivity index is 2.18. The fraction of sp³-hybridized carbons (Fsp3) is 0.409. The van der Waals surface area contributed by atoms with Gasteiger partial charge in [0, 0.05) is 29.9 Å². The zero-order chi connectivity index (χ0) is 22.8. The van der Waals surface area contributed by atoms with Crippen LogP contribution in [0.2, 0.25) is 0 Å². The van der Waals surface area contributed by atoms with Gasteiger partial charge in [-0.3, -0.25) is 9.79 Å². The van der Waals surface area contributed by atoms with Crippen molar-refractivity contribution in [3.8, 4) is 5.88 Å². The van der Waals surface area contributed by atoms with E-state index in [0.717, 1.165) is 6.07 Å². The zero-order valence-electron chi connectivity index (χ0n) is 17.7. The number of aliphatic imine (C=N–C) groups is 1. The SMILES string of the molecule is COc1nccc2c1C(c1ccccc1C(F)(F)F)C(C(=O)OCCN(C)C)C(C)=N2. The quantitative estimate of drug-likeness (QED) is 0.640. The van der Waals surface area contributed by atoms with E-state index in [1.165, 1.54) is 31.5 Å². The normalized spacial score (nSPS) is 18.4. The molecule has 166 valence electrons. The third-order valence-electron chi connectivity index (χ3n) is 5.15. The number of esters is 1.